The Hall–Kier alpha value is -1.06. The normalized spacial score (nSPS) is 13.6. The maximum absolute atomic E-state index is 9.90. The highest BCUT2D eigenvalue weighted by Crippen LogP contribution is 2.35. The molecule has 0 aromatic heterocycles. The minimum absolute atomic E-state index is 0.0257. The van der Waals surface area contributed by atoms with Crippen LogP contribution in [0.5, 0.6) is 5.75 Å². The van der Waals surface area contributed by atoms with E-state index < -0.39 is 6.10 Å². The lowest BCUT2D eigenvalue weighted by atomic mass is 9.83. The van der Waals surface area contributed by atoms with Gasteiger partial charge in [0.2, 0.25) is 0 Å². The van der Waals surface area contributed by atoms with Crippen LogP contribution in [0.25, 0.3) is 0 Å². The van der Waals surface area contributed by atoms with E-state index in [0.717, 1.165) is 22.4 Å². The lowest BCUT2D eigenvalue weighted by Crippen LogP contribution is -2.17. The lowest BCUT2D eigenvalue weighted by molar-refractivity contribution is 0.185. The molecular formula is C14H23NO2. The number of nitrogens with two attached hydrogens (primary N) is 1. The van der Waals surface area contributed by atoms with E-state index in [1.807, 2.05) is 19.1 Å². The van der Waals surface area contributed by atoms with Gasteiger partial charge in [0.15, 0.2) is 0 Å². The summed E-state index contributed by atoms with van der Waals surface area (Å²) >= 11 is 0. The van der Waals surface area contributed by atoms with Crippen molar-refractivity contribution in [3.8, 4) is 5.75 Å². The van der Waals surface area contributed by atoms with Gasteiger partial charge in [-0.05, 0) is 41.2 Å². The van der Waals surface area contributed by atoms with Gasteiger partial charge in [-0.3, -0.25) is 0 Å². The van der Waals surface area contributed by atoms with Gasteiger partial charge >= 0.3 is 0 Å². The Kier molecular flexibility index (Phi) is 4.17. The summed E-state index contributed by atoms with van der Waals surface area (Å²) in [5.41, 5.74) is 8.48. The highest BCUT2D eigenvalue weighted by Gasteiger charge is 2.22. The summed E-state index contributed by atoms with van der Waals surface area (Å²) < 4.78 is 5.41. The van der Waals surface area contributed by atoms with Gasteiger partial charge in [-0.2, -0.15) is 0 Å². The first kappa shape index (κ1) is 14.0. The van der Waals surface area contributed by atoms with Crippen LogP contribution in [0.15, 0.2) is 12.1 Å². The minimum atomic E-state index is -0.609. The number of hydrogen-bond acceptors (Lipinski definition) is 3. The molecule has 0 aliphatic heterocycles. The number of aryl methyl sites for hydroxylation is 1. The fraction of sp³-hybridized carbons (Fsp3) is 0.571. The molecular weight excluding hydrogens is 214 g/mol. The summed E-state index contributed by atoms with van der Waals surface area (Å²) in [6, 6.07) is 3.97. The van der Waals surface area contributed by atoms with Crippen LogP contribution in [0.4, 0.5) is 0 Å². The van der Waals surface area contributed by atoms with Crippen molar-refractivity contribution in [1.29, 1.82) is 0 Å². The zero-order valence-electron chi connectivity index (χ0n) is 11.4. The molecule has 0 aliphatic rings. The van der Waals surface area contributed by atoms with Gasteiger partial charge in [-0.25, -0.2) is 0 Å². The molecule has 0 fully saturated rings. The molecule has 1 rings (SSSR count). The van der Waals surface area contributed by atoms with E-state index >= 15 is 0 Å². The Morgan fingerprint density at radius 3 is 2.35 bits per heavy atom. The van der Waals surface area contributed by atoms with Gasteiger partial charge in [-0.1, -0.05) is 20.8 Å². The van der Waals surface area contributed by atoms with Crippen LogP contribution in [0, 0.1) is 6.92 Å². The predicted molar refractivity (Wildman–Crippen MR) is 70.4 cm³/mol. The molecule has 0 amide bonds. The highest BCUT2D eigenvalue weighted by atomic mass is 16.5. The first-order valence-electron chi connectivity index (χ1n) is 5.88. The summed E-state index contributed by atoms with van der Waals surface area (Å²) in [6.07, 6.45) is -0.609. The number of aliphatic hydroxyl groups excluding tert-OH is 1. The zero-order valence-corrected chi connectivity index (χ0v) is 11.4. The van der Waals surface area contributed by atoms with Crippen LogP contribution < -0.4 is 10.5 Å². The Balaban J connectivity index is 3.38. The number of benzene rings is 1. The topological polar surface area (TPSA) is 55.5 Å². The summed E-state index contributed by atoms with van der Waals surface area (Å²) in [5, 5.41) is 9.90. The SMILES string of the molecule is COc1cc(C)c(C(O)CN)cc1C(C)(C)C. The Labute approximate surface area is 104 Å². The summed E-state index contributed by atoms with van der Waals surface area (Å²) in [5.74, 6) is 0.864. The number of methoxy groups -OCH3 is 1. The van der Waals surface area contributed by atoms with Crippen LogP contribution in [-0.2, 0) is 5.41 Å². The molecule has 1 atom stereocenters. The molecule has 3 N–H and O–H groups in total. The van der Waals surface area contributed by atoms with Gasteiger partial charge in [0.25, 0.3) is 0 Å². The average Bonchev–Trinajstić information content (AvgIpc) is 2.25. The Morgan fingerprint density at radius 1 is 1.35 bits per heavy atom. The lowest BCUT2D eigenvalue weighted by Gasteiger charge is -2.25. The fourth-order valence-electron chi connectivity index (χ4n) is 1.94. The molecule has 96 valence electrons. The predicted octanol–water partition coefficient (Wildman–Crippen LogP) is 2.29. The van der Waals surface area contributed by atoms with Crippen LogP contribution in [0.2, 0.25) is 0 Å². The number of rotatable bonds is 3. The second-order valence-electron chi connectivity index (χ2n) is 5.41. The van der Waals surface area contributed by atoms with Gasteiger partial charge in [0, 0.05) is 6.54 Å². The molecule has 1 unspecified atom stereocenters. The van der Waals surface area contributed by atoms with Gasteiger partial charge < -0.3 is 15.6 Å². The van der Waals surface area contributed by atoms with Gasteiger partial charge in [0.05, 0.1) is 13.2 Å². The molecule has 0 saturated heterocycles. The standard InChI is InChI=1S/C14H23NO2/c1-9-6-13(17-5)11(14(2,3)4)7-10(9)12(16)8-15/h6-7,12,16H,8,15H2,1-5H3. The third-order valence-electron chi connectivity index (χ3n) is 2.98. The number of ether oxygens (including phenoxy) is 1. The minimum Gasteiger partial charge on any atom is -0.496 e. The monoisotopic (exact) mass is 237 g/mol. The molecule has 1 aromatic rings. The molecule has 17 heavy (non-hydrogen) atoms. The fourth-order valence-corrected chi connectivity index (χ4v) is 1.94. The number of aliphatic hydroxyl groups is 1. The zero-order chi connectivity index (χ0) is 13.2. The van der Waals surface area contributed by atoms with Crippen LogP contribution in [-0.4, -0.2) is 18.8 Å². The quantitative estimate of drug-likeness (QED) is 0.848. The Bertz CT molecular complexity index is 394. The number of hydrogen-bond donors (Lipinski definition) is 2. The molecule has 0 bridgehead atoms. The van der Waals surface area contributed by atoms with E-state index in [0.29, 0.717) is 0 Å². The molecule has 3 heteroatoms. The first-order chi connectivity index (χ1) is 7.81. The van der Waals surface area contributed by atoms with E-state index in [-0.39, 0.29) is 12.0 Å². The van der Waals surface area contributed by atoms with E-state index in [9.17, 15) is 5.11 Å². The summed E-state index contributed by atoms with van der Waals surface area (Å²) in [7, 11) is 1.67. The Morgan fingerprint density at radius 2 is 1.94 bits per heavy atom. The maximum Gasteiger partial charge on any atom is 0.122 e. The molecule has 0 radical (unpaired) electrons. The van der Waals surface area contributed by atoms with Crippen LogP contribution in [0.3, 0.4) is 0 Å². The third kappa shape index (κ3) is 2.99. The van der Waals surface area contributed by atoms with Crippen molar-refractivity contribution in [2.24, 2.45) is 5.73 Å². The molecule has 0 heterocycles. The molecule has 1 aromatic carbocycles. The molecule has 0 spiro atoms. The van der Waals surface area contributed by atoms with Crippen molar-refractivity contribution in [3.05, 3.63) is 28.8 Å². The largest absolute Gasteiger partial charge is 0.496 e. The van der Waals surface area contributed by atoms with Crippen molar-refractivity contribution < 1.29 is 9.84 Å². The van der Waals surface area contributed by atoms with Gasteiger partial charge in [0.1, 0.15) is 5.75 Å². The van der Waals surface area contributed by atoms with Crippen LogP contribution in [0.1, 0.15) is 43.6 Å². The third-order valence-corrected chi connectivity index (χ3v) is 2.98. The first-order valence-corrected chi connectivity index (χ1v) is 5.88. The summed E-state index contributed by atoms with van der Waals surface area (Å²) in [4.78, 5) is 0. The van der Waals surface area contributed by atoms with Gasteiger partial charge in [-0.15, -0.1) is 0 Å². The molecule has 0 aliphatic carbocycles. The van der Waals surface area contributed by atoms with E-state index in [4.69, 9.17) is 10.5 Å². The van der Waals surface area contributed by atoms with Crippen molar-refractivity contribution in [2.45, 2.75) is 39.2 Å². The van der Waals surface area contributed by atoms with Crippen molar-refractivity contribution in [3.63, 3.8) is 0 Å². The highest BCUT2D eigenvalue weighted by molar-refractivity contribution is 5.46. The molecule has 3 nitrogen and oxygen atoms in total. The van der Waals surface area contributed by atoms with Crippen molar-refractivity contribution >= 4 is 0 Å². The smallest absolute Gasteiger partial charge is 0.122 e. The van der Waals surface area contributed by atoms with E-state index in [2.05, 4.69) is 20.8 Å². The average molecular weight is 237 g/mol. The second-order valence-corrected chi connectivity index (χ2v) is 5.41. The van der Waals surface area contributed by atoms with Crippen molar-refractivity contribution in [1.82, 2.24) is 0 Å². The van der Waals surface area contributed by atoms with E-state index in [1.54, 1.807) is 7.11 Å². The van der Waals surface area contributed by atoms with Crippen LogP contribution >= 0.6 is 0 Å². The van der Waals surface area contributed by atoms with Crippen molar-refractivity contribution in [2.75, 3.05) is 13.7 Å². The maximum atomic E-state index is 9.90. The second kappa shape index (κ2) is 5.07. The summed E-state index contributed by atoms with van der Waals surface area (Å²) in [6.45, 7) is 8.57. The van der Waals surface area contributed by atoms with E-state index in [1.165, 1.54) is 0 Å². The molecule has 0 saturated carbocycles.